The molecule has 2 rings (SSSR count). The predicted molar refractivity (Wildman–Crippen MR) is 89.2 cm³/mol. The lowest BCUT2D eigenvalue weighted by molar-refractivity contribution is 0.526. The molecule has 1 aromatic heterocycles. The highest BCUT2D eigenvalue weighted by Crippen LogP contribution is 2.17. The summed E-state index contributed by atoms with van der Waals surface area (Å²) < 4.78 is 26.8. The largest absolute Gasteiger partial charge is 0.380 e. The average Bonchev–Trinajstić information content (AvgIpc) is 2.47. The Bertz CT molecular complexity index is 733. The van der Waals surface area contributed by atoms with Crippen molar-refractivity contribution in [1.29, 1.82) is 0 Å². The third kappa shape index (κ3) is 4.33. The molecule has 0 aliphatic carbocycles. The van der Waals surface area contributed by atoms with Crippen LogP contribution in [-0.4, -0.2) is 31.8 Å². The second-order valence-corrected chi connectivity index (χ2v) is 7.06. The topological polar surface area (TPSA) is 74.3 Å². The van der Waals surface area contributed by atoms with Crippen molar-refractivity contribution in [2.75, 3.05) is 24.1 Å². The van der Waals surface area contributed by atoms with Gasteiger partial charge in [0.2, 0.25) is 0 Å². The molecule has 0 aliphatic heterocycles. The summed E-state index contributed by atoms with van der Waals surface area (Å²) in [4.78, 5) is 4.07. The van der Waals surface area contributed by atoms with Gasteiger partial charge in [0, 0.05) is 25.7 Å². The van der Waals surface area contributed by atoms with E-state index in [1.165, 1.54) is 14.1 Å². The lowest BCUT2D eigenvalue weighted by atomic mass is 10.2. The van der Waals surface area contributed by atoms with Crippen LogP contribution in [0.2, 0.25) is 5.02 Å². The highest BCUT2D eigenvalue weighted by molar-refractivity contribution is 7.90. The van der Waals surface area contributed by atoms with Gasteiger partial charge in [0.1, 0.15) is 5.82 Å². The zero-order valence-electron chi connectivity index (χ0n) is 12.2. The molecule has 118 valence electrons. The minimum atomic E-state index is -3.54. The number of pyridine rings is 1. The van der Waals surface area contributed by atoms with Crippen LogP contribution < -0.4 is 10.0 Å². The molecule has 0 spiro atoms. The Morgan fingerprint density at radius 3 is 2.50 bits per heavy atom. The number of anilines is 2. The Kier molecular flexibility index (Phi) is 5.23. The number of rotatable bonds is 6. The molecule has 0 fully saturated rings. The third-order valence-corrected chi connectivity index (χ3v) is 4.72. The van der Waals surface area contributed by atoms with Crippen LogP contribution in [0.25, 0.3) is 0 Å². The molecular weight excluding hydrogens is 324 g/mol. The number of nitrogens with one attached hydrogen (secondary N) is 2. The fourth-order valence-corrected chi connectivity index (χ4v) is 2.39. The van der Waals surface area contributed by atoms with Crippen molar-refractivity contribution in [2.45, 2.75) is 6.54 Å². The highest BCUT2D eigenvalue weighted by Gasteiger charge is 2.13. The summed E-state index contributed by atoms with van der Waals surface area (Å²) in [5.41, 5.74) is 1.74. The van der Waals surface area contributed by atoms with Crippen LogP contribution in [0.1, 0.15) is 5.56 Å². The maximum Gasteiger partial charge on any atom is 0.302 e. The second kappa shape index (κ2) is 6.95. The smallest absolute Gasteiger partial charge is 0.302 e. The molecule has 22 heavy (non-hydrogen) atoms. The van der Waals surface area contributed by atoms with Gasteiger partial charge in [-0.05, 0) is 23.8 Å². The van der Waals surface area contributed by atoms with Crippen LogP contribution in [0.5, 0.6) is 0 Å². The highest BCUT2D eigenvalue weighted by atomic mass is 35.5. The molecule has 1 heterocycles. The van der Waals surface area contributed by atoms with Gasteiger partial charge in [-0.3, -0.25) is 4.72 Å². The maximum atomic E-state index is 11.7. The van der Waals surface area contributed by atoms with Gasteiger partial charge in [-0.15, -0.1) is 0 Å². The van der Waals surface area contributed by atoms with E-state index in [0.717, 1.165) is 15.6 Å². The first-order valence-corrected chi connectivity index (χ1v) is 8.34. The molecule has 2 aromatic rings. The Morgan fingerprint density at radius 1 is 1.18 bits per heavy atom. The number of hydrogen-bond acceptors (Lipinski definition) is 4. The van der Waals surface area contributed by atoms with Gasteiger partial charge in [0.15, 0.2) is 0 Å². The van der Waals surface area contributed by atoms with E-state index in [0.29, 0.717) is 11.6 Å². The monoisotopic (exact) mass is 340 g/mol. The fourth-order valence-electron chi connectivity index (χ4n) is 1.62. The molecule has 0 unspecified atom stereocenters. The van der Waals surface area contributed by atoms with Crippen molar-refractivity contribution in [3.05, 3.63) is 53.2 Å². The van der Waals surface area contributed by atoms with E-state index in [4.69, 9.17) is 11.6 Å². The normalized spacial score (nSPS) is 11.5. The van der Waals surface area contributed by atoms with Gasteiger partial charge in [-0.2, -0.15) is 12.7 Å². The number of nitrogens with zero attached hydrogens (tertiary/aromatic N) is 2. The summed E-state index contributed by atoms with van der Waals surface area (Å²) in [5.74, 6) is 0.261. The minimum Gasteiger partial charge on any atom is -0.380 e. The van der Waals surface area contributed by atoms with Crippen molar-refractivity contribution in [2.24, 2.45) is 0 Å². The van der Waals surface area contributed by atoms with Crippen molar-refractivity contribution in [1.82, 2.24) is 9.29 Å². The second-order valence-electron chi connectivity index (χ2n) is 4.77. The quantitative estimate of drug-likeness (QED) is 0.847. The summed E-state index contributed by atoms with van der Waals surface area (Å²) in [6.45, 7) is 0.560. The first-order chi connectivity index (χ1) is 10.4. The number of halogens is 1. The number of benzene rings is 1. The van der Waals surface area contributed by atoms with Gasteiger partial charge in [-0.25, -0.2) is 4.98 Å². The summed E-state index contributed by atoms with van der Waals surface area (Å²) in [7, 11) is -0.649. The Labute approximate surface area is 135 Å². The SMILES string of the molecule is CN(C)S(=O)(=O)Nc1ccc(NCc2ccccc2Cl)cn1. The Morgan fingerprint density at radius 2 is 1.91 bits per heavy atom. The predicted octanol–water partition coefficient (Wildman–Crippen LogP) is 2.57. The van der Waals surface area contributed by atoms with Crippen molar-refractivity contribution in [3.8, 4) is 0 Å². The average molecular weight is 341 g/mol. The van der Waals surface area contributed by atoms with Crippen molar-refractivity contribution in [3.63, 3.8) is 0 Å². The standard InChI is InChI=1S/C14H17ClN4O2S/c1-19(2)22(20,21)18-14-8-7-12(10-17-14)16-9-11-5-3-4-6-13(11)15/h3-8,10,16H,9H2,1-2H3,(H,17,18). The van der Waals surface area contributed by atoms with Gasteiger partial charge in [0.25, 0.3) is 0 Å². The molecule has 0 aliphatic rings. The molecule has 8 heteroatoms. The molecule has 0 amide bonds. The molecule has 0 radical (unpaired) electrons. The molecule has 0 bridgehead atoms. The molecule has 6 nitrogen and oxygen atoms in total. The number of hydrogen-bond donors (Lipinski definition) is 2. The van der Waals surface area contributed by atoms with Crippen LogP contribution in [0.15, 0.2) is 42.6 Å². The lowest BCUT2D eigenvalue weighted by Crippen LogP contribution is -2.29. The van der Waals surface area contributed by atoms with E-state index in [1.807, 2.05) is 24.3 Å². The zero-order chi connectivity index (χ0) is 16.2. The van der Waals surface area contributed by atoms with E-state index in [2.05, 4.69) is 15.0 Å². The fraction of sp³-hybridized carbons (Fsp3) is 0.214. The molecule has 0 saturated carbocycles. The minimum absolute atomic E-state index is 0.261. The van der Waals surface area contributed by atoms with Gasteiger partial charge >= 0.3 is 10.2 Å². The van der Waals surface area contributed by atoms with E-state index >= 15 is 0 Å². The summed E-state index contributed by atoms with van der Waals surface area (Å²) in [6, 6.07) is 10.9. The van der Waals surface area contributed by atoms with Crippen LogP contribution in [0, 0.1) is 0 Å². The molecule has 0 atom stereocenters. The maximum absolute atomic E-state index is 11.7. The summed E-state index contributed by atoms with van der Waals surface area (Å²) >= 11 is 6.08. The van der Waals surface area contributed by atoms with Crippen LogP contribution in [0.4, 0.5) is 11.5 Å². The first kappa shape index (κ1) is 16.5. The molecule has 2 N–H and O–H groups in total. The Hall–Kier alpha value is -1.83. The summed E-state index contributed by atoms with van der Waals surface area (Å²) in [6.07, 6.45) is 1.56. The number of aromatic nitrogens is 1. The first-order valence-electron chi connectivity index (χ1n) is 6.52. The molecule has 0 saturated heterocycles. The van der Waals surface area contributed by atoms with Crippen molar-refractivity contribution >= 4 is 33.3 Å². The third-order valence-electron chi connectivity index (χ3n) is 2.92. The van der Waals surface area contributed by atoms with Gasteiger partial charge in [-0.1, -0.05) is 29.8 Å². The van der Waals surface area contributed by atoms with Crippen LogP contribution in [-0.2, 0) is 16.8 Å². The molecular formula is C14H17ClN4O2S. The van der Waals surface area contributed by atoms with Crippen LogP contribution >= 0.6 is 11.6 Å². The zero-order valence-corrected chi connectivity index (χ0v) is 13.8. The van der Waals surface area contributed by atoms with E-state index in [-0.39, 0.29) is 5.82 Å². The lowest BCUT2D eigenvalue weighted by Gasteiger charge is -2.13. The Balaban J connectivity index is 1.99. The molecule has 1 aromatic carbocycles. The van der Waals surface area contributed by atoms with Gasteiger partial charge < -0.3 is 5.32 Å². The van der Waals surface area contributed by atoms with Gasteiger partial charge in [0.05, 0.1) is 11.9 Å². The van der Waals surface area contributed by atoms with Crippen molar-refractivity contribution < 1.29 is 8.42 Å². The van der Waals surface area contributed by atoms with E-state index < -0.39 is 10.2 Å². The van der Waals surface area contributed by atoms with E-state index in [9.17, 15) is 8.42 Å². The van der Waals surface area contributed by atoms with Crippen LogP contribution in [0.3, 0.4) is 0 Å². The summed E-state index contributed by atoms with van der Waals surface area (Å²) in [5, 5.41) is 3.87. The van der Waals surface area contributed by atoms with E-state index in [1.54, 1.807) is 18.3 Å².